The third kappa shape index (κ3) is 3.10. The second kappa shape index (κ2) is 6.60. The van der Waals surface area contributed by atoms with Gasteiger partial charge < -0.3 is 15.3 Å². The number of halogens is 1. The van der Waals surface area contributed by atoms with Crippen molar-refractivity contribution in [3.05, 3.63) is 62.7 Å². The highest BCUT2D eigenvalue weighted by Gasteiger charge is 2.33. The Morgan fingerprint density at radius 1 is 1.32 bits per heavy atom. The fraction of sp³-hybridized carbons (Fsp3) is 0.235. The third-order valence-corrected chi connectivity index (χ3v) is 4.29. The van der Waals surface area contributed by atoms with Crippen LogP contribution in [0.3, 0.4) is 0 Å². The standard InChI is InChI=1S/C17H16ClN3O4/c1-2-7-20-16(10-3-6-15(22)14(8-10)21(24)25)19-13-9-11(18)4-5-12(13)17(20)23/h3-6,8-9,16,19,22H,2,7H2,1H3. The number of amides is 1. The van der Waals surface area contributed by atoms with Crippen LogP contribution in [-0.2, 0) is 0 Å². The Bertz CT molecular complexity index is 856. The van der Waals surface area contributed by atoms with Crippen molar-refractivity contribution in [1.29, 1.82) is 0 Å². The first kappa shape index (κ1) is 17.0. The average molecular weight is 362 g/mol. The van der Waals surface area contributed by atoms with Gasteiger partial charge in [-0.1, -0.05) is 24.6 Å². The van der Waals surface area contributed by atoms with E-state index < -0.39 is 22.5 Å². The molecule has 0 radical (unpaired) electrons. The summed E-state index contributed by atoms with van der Waals surface area (Å²) in [7, 11) is 0. The Morgan fingerprint density at radius 2 is 2.08 bits per heavy atom. The molecule has 0 saturated carbocycles. The molecule has 1 unspecified atom stereocenters. The molecule has 3 rings (SSSR count). The predicted molar refractivity (Wildman–Crippen MR) is 93.9 cm³/mol. The van der Waals surface area contributed by atoms with Gasteiger partial charge in [-0.25, -0.2) is 0 Å². The first-order valence-corrected chi connectivity index (χ1v) is 8.14. The van der Waals surface area contributed by atoms with Gasteiger partial charge in [-0.05, 0) is 30.7 Å². The minimum atomic E-state index is -0.654. The summed E-state index contributed by atoms with van der Waals surface area (Å²) in [5.74, 6) is -0.589. The quantitative estimate of drug-likeness (QED) is 0.635. The van der Waals surface area contributed by atoms with E-state index in [2.05, 4.69) is 5.32 Å². The molecule has 2 aromatic carbocycles. The highest BCUT2D eigenvalue weighted by atomic mass is 35.5. The maximum absolute atomic E-state index is 12.8. The van der Waals surface area contributed by atoms with Crippen LogP contribution in [0.4, 0.5) is 11.4 Å². The van der Waals surface area contributed by atoms with Crippen LogP contribution in [0, 0.1) is 10.1 Å². The molecule has 8 heteroatoms. The van der Waals surface area contributed by atoms with Crippen molar-refractivity contribution < 1.29 is 14.8 Å². The molecule has 130 valence electrons. The molecular weight excluding hydrogens is 346 g/mol. The monoisotopic (exact) mass is 361 g/mol. The van der Waals surface area contributed by atoms with E-state index in [0.29, 0.717) is 28.4 Å². The molecule has 0 saturated heterocycles. The molecule has 2 aromatic rings. The van der Waals surface area contributed by atoms with E-state index in [-0.39, 0.29) is 5.91 Å². The minimum absolute atomic E-state index is 0.173. The molecule has 1 atom stereocenters. The van der Waals surface area contributed by atoms with Gasteiger partial charge in [-0.2, -0.15) is 0 Å². The largest absolute Gasteiger partial charge is 0.502 e. The van der Waals surface area contributed by atoms with E-state index in [9.17, 15) is 20.0 Å². The van der Waals surface area contributed by atoms with Crippen molar-refractivity contribution in [3.8, 4) is 5.75 Å². The first-order valence-electron chi connectivity index (χ1n) is 7.76. The zero-order valence-corrected chi connectivity index (χ0v) is 14.2. The number of nitrogens with one attached hydrogen (secondary N) is 1. The number of fused-ring (bicyclic) bond motifs is 1. The summed E-state index contributed by atoms with van der Waals surface area (Å²) < 4.78 is 0. The number of phenols is 1. The molecule has 0 aromatic heterocycles. The molecule has 1 amide bonds. The second-order valence-electron chi connectivity index (χ2n) is 5.74. The van der Waals surface area contributed by atoms with Gasteiger partial charge in [0.2, 0.25) is 0 Å². The first-order chi connectivity index (χ1) is 11.9. The van der Waals surface area contributed by atoms with Gasteiger partial charge in [0.25, 0.3) is 5.91 Å². The third-order valence-electron chi connectivity index (χ3n) is 4.05. The molecular formula is C17H16ClN3O4. The second-order valence-corrected chi connectivity index (χ2v) is 6.18. The summed E-state index contributed by atoms with van der Waals surface area (Å²) in [6, 6.07) is 9.06. The van der Waals surface area contributed by atoms with Crippen molar-refractivity contribution in [2.45, 2.75) is 19.5 Å². The number of carbonyl (C=O) groups excluding carboxylic acids is 1. The van der Waals surface area contributed by atoms with E-state index in [1.54, 1.807) is 29.2 Å². The van der Waals surface area contributed by atoms with Crippen LogP contribution in [0.2, 0.25) is 5.02 Å². The molecule has 0 aliphatic carbocycles. The molecule has 0 bridgehead atoms. The minimum Gasteiger partial charge on any atom is -0.502 e. The Labute approximate surface area is 149 Å². The van der Waals surface area contributed by atoms with Crippen LogP contribution in [0.25, 0.3) is 0 Å². The Hall–Kier alpha value is -2.80. The molecule has 0 fully saturated rings. The number of anilines is 1. The Balaban J connectivity index is 2.09. The number of hydrogen-bond donors (Lipinski definition) is 2. The molecule has 25 heavy (non-hydrogen) atoms. The number of carbonyl (C=O) groups is 1. The molecule has 7 nitrogen and oxygen atoms in total. The highest BCUT2D eigenvalue weighted by Crippen LogP contribution is 2.37. The van der Waals surface area contributed by atoms with Crippen LogP contribution in [0.1, 0.15) is 35.4 Å². The smallest absolute Gasteiger partial charge is 0.311 e. The number of nitro groups is 1. The maximum atomic E-state index is 12.8. The number of benzene rings is 2. The van der Waals surface area contributed by atoms with Gasteiger partial charge in [0, 0.05) is 23.2 Å². The zero-order valence-electron chi connectivity index (χ0n) is 13.4. The van der Waals surface area contributed by atoms with Crippen LogP contribution in [-0.4, -0.2) is 27.4 Å². The summed E-state index contributed by atoms with van der Waals surface area (Å²) in [6.07, 6.45) is 0.144. The van der Waals surface area contributed by atoms with E-state index in [4.69, 9.17) is 11.6 Å². The van der Waals surface area contributed by atoms with E-state index in [1.165, 1.54) is 12.1 Å². The summed E-state index contributed by atoms with van der Waals surface area (Å²) in [5.41, 5.74) is 1.19. The molecule has 0 spiro atoms. The maximum Gasteiger partial charge on any atom is 0.311 e. The van der Waals surface area contributed by atoms with Crippen LogP contribution < -0.4 is 5.32 Å². The average Bonchev–Trinajstić information content (AvgIpc) is 2.57. The summed E-state index contributed by atoms with van der Waals surface area (Å²) >= 11 is 6.02. The predicted octanol–water partition coefficient (Wildman–Crippen LogP) is 3.93. The lowest BCUT2D eigenvalue weighted by Gasteiger charge is -2.38. The lowest BCUT2D eigenvalue weighted by atomic mass is 10.0. The number of nitrogens with zero attached hydrogens (tertiary/aromatic N) is 2. The van der Waals surface area contributed by atoms with Crippen molar-refractivity contribution in [3.63, 3.8) is 0 Å². The summed E-state index contributed by atoms with van der Waals surface area (Å²) in [6.45, 7) is 2.42. The Kier molecular flexibility index (Phi) is 4.50. The van der Waals surface area contributed by atoms with Gasteiger partial charge in [0.1, 0.15) is 6.17 Å². The number of aromatic hydroxyl groups is 1. The highest BCUT2D eigenvalue weighted by molar-refractivity contribution is 6.31. The summed E-state index contributed by atoms with van der Waals surface area (Å²) in [4.78, 5) is 24.9. The van der Waals surface area contributed by atoms with Crippen molar-refractivity contribution in [2.75, 3.05) is 11.9 Å². The number of hydrogen-bond acceptors (Lipinski definition) is 5. The molecule has 2 N–H and O–H groups in total. The van der Waals surface area contributed by atoms with E-state index in [1.807, 2.05) is 6.92 Å². The normalized spacial score (nSPS) is 16.3. The molecule has 1 aliphatic heterocycles. The van der Waals surface area contributed by atoms with Gasteiger partial charge >= 0.3 is 5.69 Å². The van der Waals surface area contributed by atoms with Gasteiger partial charge in [0.15, 0.2) is 5.75 Å². The lowest BCUT2D eigenvalue weighted by molar-refractivity contribution is -0.385. The van der Waals surface area contributed by atoms with Crippen LogP contribution >= 0.6 is 11.6 Å². The lowest BCUT2D eigenvalue weighted by Crippen LogP contribution is -2.43. The summed E-state index contributed by atoms with van der Waals surface area (Å²) in [5, 5.41) is 24.5. The van der Waals surface area contributed by atoms with Crippen LogP contribution in [0.5, 0.6) is 5.75 Å². The van der Waals surface area contributed by atoms with Crippen molar-refractivity contribution >= 4 is 28.9 Å². The number of nitro benzene ring substituents is 1. The van der Waals surface area contributed by atoms with E-state index in [0.717, 1.165) is 6.42 Å². The molecule has 1 aliphatic rings. The van der Waals surface area contributed by atoms with E-state index >= 15 is 0 Å². The number of rotatable bonds is 4. The SMILES string of the molecule is CCCN1C(=O)c2ccc(Cl)cc2NC1c1ccc(O)c([N+](=O)[O-])c1. The van der Waals surface area contributed by atoms with Gasteiger partial charge in [0.05, 0.1) is 16.2 Å². The van der Waals surface area contributed by atoms with Crippen molar-refractivity contribution in [1.82, 2.24) is 4.90 Å². The fourth-order valence-electron chi connectivity index (χ4n) is 2.91. The van der Waals surface area contributed by atoms with Gasteiger partial charge in [-0.3, -0.25) is 14.9 Å². The Morgan fingerprint density at radius 3 is 2.76 bits per heavy atom. The van der Waals surface area contributed by atoms with Crippen molar-refractivity contribution in [2.24, 2.45) is 0 Å². The topological polar surface area (TPSA) is 95.7 Å². The van der Waals surface area contributed by atoms with Gasteiger partial charge in [-0.15, -0.1) is 0 Å². The zero-order chi connectivity index (χ0) is 18.1. The molecule has 1 heterocycles. The van der Waals surface area contributed by atoms with Crippen LogP contribution in [0.15, 0.2) is 36.4 Å². The number of phenolic OH excluding ortho intramolecular Hbond substituents is 1. The fourth-order valence-corrected chi connectivity index (χ4v) is 3.08.